The molecule has 0 amide bonds. The Kier molecular flexibility index (Phi) is 6.22. The lowest BCUT2D eigenvalue weighted by atomic mass is 10.1. The van der Waals surface area contributed by atoms with Gasteiger partial charge in [-0.1, -0.05) is 11.6 Å². The standard InChI is InChI=1S/C18H19ClF3N5O3/c1-30-14-5-8(4-12(23)16(28)29)11(19)6-13(14)26-17-24-7-10(18(20,21)22)15(27-17)25-9-2-3-9/h5-7,9,12H,2-4,23H2,1H3,(H,28,29)(H2,24,25,26,27)/t12-/m0/s1. The first kappa shape index (κ1) is 21.9. The van der Waals surface area contributed by atoms with Crippen molar-refractivity contribution in [3.63, 3.8) is 0 Å². The second-order valence-electron chi connectivity index (χ2n) is 6.79. The van der Waals surface area contributed by atoms with Crippen LogP contribution in [-0.4, -0.2) is 40.2 Å². The van der Waals surface area contributed by atoms with Crippen LogP contribution in [-0.2, 0) is 17.4 Å². The number of anilines is 3. The summed E-state index contributed by atoms with van der Waals surface area (Å²) in [5.74, 6) is -1.31. The van der Waals surface area contributed by atoms with Crippen molar-refractivity contribution in [2.24, 2.45) is 5.73 Å². The van der Waals surface area contributed by atoms with Crippen molar-refractivity contribution < 1.29 is 27.8 Å². The first-order chi connectivity index (χ1) is 14.1. The number of rotatable bonds is 8. The number of nitrogens with two attached hydrogens (primary N) is 1. The zero-order valence-electron chi connectivity index (χ0n) is 15.8. The van der Waals surface area contributed by atoms with Gasteiger partial charge in [-0.3, -0.25) is 4.79 Å². The Morgan fingerprint density at radius 2 is 2.13 bits per heavy atom. The number of halogens is 4. The van der Waals surface area contributed by atoms with Crippen LogP contribution in [0.4, 0.5) is 30.6 Å². The van der Waals surface area contributed by atoms with Crippen LogP contribution in [0.2, 0.25) is 5.02 Å². The van der Waals surface area contributed by atoms with Crippen LogP contribution in [0.3, 0.4) is 0 Å². The van der Waals surface area contributed by atoms with Crippen LogP contribution in [0.5, 0.6) is 5.75 Å². The molecule has 1 saturated carbocycles. The molecule has 0 radical (unpaired) electrons. The lowest BCUT2D eigenvalue weighted by Gasteiger charge is -2.17. The molecule has 8 nitrogen and oxygen atoms in total. The number of aliphatic carboxylic acids is 1. The Bertz CT molecular complexity index is 953. The molecule has 1 aliphatic carbocycles. The van der Waals surface area contributed by atoms with E-state index in [1.807, 2.05) is 0 Å². The largest absolute Gasteiger partial charge is 0.495 e. The highest BCUT2D eigenvalue weighted by Gasteiger charge is 2.37. The van der Waals surface area contributed by atoms with Crippen LogP contribution in [0, 0.1) is 0 Å². The van der Waals surface area contributed by atoms with Gasteiger partial charge in [0.2, 0.25) is 5.95 Å². The Balaban J connectivity index is 1.89. The molecule has 0 spiro atoms. The fraction of sp³-hybridized carbons (Fsp3) is 0.389. The number of methoxy groups -OCH3 is 1. The molecule has 1 aromatic carbocycles. The smallest absolute Gasteiger partial charge is 0.421 e. The third-order valence-electron chi connectivity index (χ3n) is 4.38. The average molecular weight is 446 g/mol. The van der Waals surface area contributed by atoms with Gasteiger partial charge in [-0.25, -0.2) is 4.98 Å². The molecule has 12 heteroatoms. The second kappa shape index (κ2) is 8.52. The van der Waals surface area contributed by atoms with E-state index in [1.54, 1.807) is 0 Å². The van der Waals surface area contributed by atoms with Gasteiger partial charge in [0.05, 0.1) is 12.8 Å². The summed E-state index contributed by atoms with van der Waals surface area (Å²) in [5.41, 5.74) is 5.33. The number of carbonyl (C=O) groups is 1. The molecule has 5 N–H and O–H groups in total. The molecular weight excluding hydrogens is 427 g/mol. The molecule has 0 saturated heterocycles. The average Bonchev–Trinajstić information content (AvgIpc) is 3.46. The molecule has 1 aliphatic rings. The molecule has 1 aromatic heterocycles. The summed E-state index contributed by atoms with van der Waals surface area (Å²) in [6.45, 7) is 0. The van der Waals surface area contributed by atoms with Gasteiger partial charge in [0.15, 0.2) is 0 Å². The number of alkyl halides is 3. The molecule has 3 rings (SSSR count). The molecule has 0 unspecified atom stereocenters. The van der Waals surface area contributed by atoms with Crippen molar-refractivity contribution in [2.75, 3.05) is 17.7 Å². The van der Waals surface area contributed by atoms with Crippen molar-refractivity contribution in [2.45, 2.75) is 37.5 Å². The number of nitrogens with zero attached hydrogens (tertiary/aromatic N) is 2. The Labute approximate surface area is 174 Å². The topological polar surface area (TPSA) is 122 Å². The number of hydrogen-bond donors (Lipinski definition) is 4. The Morgan fingerprint density at radius 3 is 2.70 bits per heavy atom. The van der Waals surface area contributed by atoms with Gasteiger partial charge in [-0.2, -0.15) is 18.2 Å². The normalized spacial score (nSPS) is 14.9. The van der Waals surface area contributed by atoms with E-state index in [1.165, 1.54) is 19.2 Å². The summed E-state index contributed by atoms with van der Waals surface area (Å²) >= 11 is 6.22. The quantitative estimate of drug-likeness (QED) is 0.487. The maximum atomic E-state index is 13.2. The molecule has 0 aliphatic heterocycles. The van der Waals surface area contributed by atoms with E-state index < -0.39 is 23.8 Å². The summed E-state index contributed by atoms with van der Waals surface area (Å²) in [6, 6.07) is 1.75. The first-order valence-corrected chi connectivity index (χ1v) is 9.29. The molecule has 2 aromatic rings. The van der Waals surface area contributed by atoms with Crippen molar-refractivity contribution in [3.8, 4) is 5.75 Å². The second-order valence-corrected chi connectivity index (χ2v) is 7.20. The summed E-state index contributed by atoms with van der Waals surface area (Å²) < 4.78 is 45.0. The number of hydrogen-bond acceptors (Lipinski definition) is 7. The maximum Gasteiger partial charge on any atom is 0.421 e. The van der Waals surface area contributed by atoms with Crippen LogP contribution in [0.15, 0.2) is 18.3 Å². The third kappa shape index (κ3) is 5.22. The van der Waals surface area contributed by atoms with Gasteiger partial charge in [0.25, 0.3) is 0 Å². The number of ether oxygens (including phenoxy) is 1. The summed E-state index contributed by atoms with van der Waals surface area (Å²) in [7, 11) is 1.38. The zero-order valence-corrected chi connectivity index (χ0v) is 16.5. The van der Waals surface area contributed by atoms with Gasteiger partial charge in [-0.15, -0.1) is 0 Å². The van der Waals surface area contributed by atoms with E-state index in [0.717, 1.165) is 12.8 Å². The lowest BCUT2D eigenvalue weighted by Crippen LogP contribution is -2.32. The molecule has 162 valence electrons. The van der Waals surface area contributed by atoms with Crippen LogP contribution in [0.25, 0.3) is 0 Å². The number of carboxylic acids is 1. The number of carboxylic acid groups (broad SMARTS) is 1. The van der Waals surface area contributed by atoms with Crippen LogP contribution < -0.4 is 21.1 Å². The molecule has 1 heterocycles. The van der Waals surface area contributed by atoms with E-state index in [2.05, 4.69) is 20.6 Å². The van der Waals surface area contributed by atoms with Crippen molar-refractivity contribution in [1.82, 2.24) is 9.97 Å². The minimum absolute atomic E-state index is 0.0307. The summed E-state index contributed by atoms with van der Waals surface area (Å²) in [6.07, 6.45) is -2.38. The van der Waals surface area contributed by atoms with Crippen LogP contribution in [0.1, 0.15) is 24.0 Å². The summed E-state index contributed by atoms with van der Waals surface area (Å²) in [5, 5.41) is 14.7. The monoisotopic (exact) mass is 445 g/mol. The Morgan fingerprint density at radius 1 is 1.43 bits per heavy atom. The van der Waals surface area contributed by atoms with E-state index in [9.17, 15) is 18.0 Å². The van der Waals surface area contributed by atoms with E-state index >= 15 is 0 Å². The van der Waals surface area contributed by atoms with Gasteiger partial charge >= 0.3 is 12.1 Å². The van der Waals surface area contributed by atoms with Crippen molar-refractivity contribution in [1.29, 1.82) is 0 Å². The fourth-order valence-electron chi connectivity index (χ4n) is 2.64. The van der Waals surface area contributed by atoms with Gasteiger partial charge in [0.1, 0.15) is 23.2 Å². The number of aromatic nitrogens is 2. The summed E-state index contributed by atoms with van der Waals surface area (Å²) in [4.78, 5) is 18.7. The van der Waals surface area contributed by atoms with E-state index in [-0.39, 0.29) is 35.0 Å². The van der Waals surface area contributed by atoms with E-state index in [4.69, 9.17) is 27.2 Å². The van der Waals surface area contributed by atoms with Gasteiger partial charge in [0, 0.05) is 17.3 Å². The highest BCUT2D eigenvalue weighted by atomic mass is 35.5. The third-order valence-corrected chi connectivity index (χ3v) is 4.74. The predicted molar refractivity (Wildman–Crippen MR) is 104 cm³/mol. The molecular formula is C18H19ClF3N5O3. The van der Waals surface area contributed by atoms with Crippen molar-refractivity contribution in [3.05, 3.63) is 34.5 Å². The van der Waals surface area contributed by atoms with E-state index in [0.29, 0.717) is 17.4 Å². The molecule has 0 bridgehead atoms. The highest BCUT2D eigenvalue weighted by molar-refractivity contribution is 6.31. The molecule has 1 fully saturated rings. The lowest BCUT2D eigenvalue weighted by molar-refractivity contribution is -0.139. The highest BCUT2D eigenvalue weighted by Crippen LogP contribution is 2.37. The minimum Gasteiger partial charge on any atom is -0.495 e. The van der Waals surface area contributed by atoms with Crippen LogP contribution >= 0.6 is 11.6 Å². The van der Waals surface area contributed by atoms with Gasteiger partial charge < -0.3 is 26.2 Å². The molecule has 30 heavy (non-hydrogen) atoms. The Hall–Kier alpha value is -2.79. The first-order valence-electron chi connectivity index (χ1n) is 8.91. The zero-order chi connectivity index (χ0) is 22.1. The SMILES string of the molecule is COc1cc(C[C@H](N)C(=O)O)c(Cl)cc1Nc1ncc(C(F)(F)F)c(NC2CC2)n1. The predicted octanol–water partition coefficient (Wildman–Crippen LogP) is 3.43. The molecule has 1 atom stereocenters. The van der Waals surface area contributed by atoms with Gasteiger partial charge in [-0.05, 0) is 37.0 Å². The number of benzene rings is 1. The maximum absolute atomic E-state index is 13.2. The number of nitrogens with one attached hydrogen (secondary N) is 2. The minimum atomic E-state index is -4.60. The fourth-order valence-corrected chi connectivity index (χ4v) is 2.88. The van der Waals surface area contributed by atoms with Crippen molar-refractivity contribution >= 4 is 35.0 Å².